The summed E-state index contributed by atoms with van der Waals surface area (Å²) in [7, 11) is 0. The number of carbonyl (C=O) groups is 1. The first-order valence-electron chi connectivity index (χ1n) is 6.67. The molecule has 0 bridgehead atoms. The lowest BCUT2D eigenvalue weighted by molar-refractivity contribution is 0.0979. The van der Waals surface area contributed by atoms with Crippen molar-refractivity contribution < 1.29 is 4.79 Å². The maximum Gasteiger partial charge on any atom is 0.162 e. The number of rotatable bonds is 4. The van der Waals surface area contributed by atoms with E-state index in [1.54, 1.807) is 0 Å². The van der Waals surface area contributed by atoms with E-state index in [0.717, 1.165) is 44.3 Å². The molecular weight excluding hydrogens is 210 g/mol. The predicted molar refractivity (Wildman–Crippen MR) is 70.6 cm³/mol. The molecule has 0 saturated carbocycles. The summed E-state index contributed by atoms with van der Waals surface area (Å²) in [6, 6.07) is 6.25. The molecule has 0 spiro atoms. The Kier molecular flexibility index (Phi) is 4.32. The SMILES string of the molecule is CCCCC(=O)c1ccc2c(c1)CCNCC2. The third kappa shape index (κ3) is 3.16. The van der Waals surface area contributed by atoms with E-state index >= 15 is 0 Å². The Bertz CT molecular complexity index is 398. The smallest absolute Gasteiger partial charge is 0.162 e. The van der Waals surface area contributed by atoms with Gasteiger partial charge in [0.05, 0.1) is 0 Å². The lowest BCUT2D eigenvalue weighted by atomic mass is 9.97. The summed E-state index contributed by atoms with van der Waals surface area (Å²) in [5.74, 6) is 0.298. The molecular formula is C15H21NO. The van der Waals surface area contributed by atoms with E-state index in [2.05, 4.69) is 24.4 Å². The molecule has 0 unspecified atom stereocenters. The number of hydrogen-bond donors (Lipinski definition) is 1. The first kappa shape index (κ1) is 12.3. The Morgan fingerprint density at radius 1 is 1.24 bits per heavy atom. The first-order valence-corrected chi connectivity index (χ1v) is 6.67. The summed E-state index contributed by atoms with van der Waals surface area (Å²) >= 11 is 0. The number of nitrogens with one attached hydrogen (secondary N) is 1. The lowest BCUT2D eigenvalue weighted by Crippen LogP contribution is -2.16. The molecule has 1 aliphatic rings. The Morgan fingerprint density at radius 2 is 2.00 bits per heavy atom. The van der Waals surface area contributed by atoms with Crippen LogP contribution in [-0.2, 0) is 12.8 Å². The fraction of sp³-hybridized carbons (Fsp3) is 0.533. The summed E-state index contributed by atoms with van der Waals surface area (Å²) in [5.41, 5.74) is 3.67. The predicted octanol–water partition coefficient (Wildman–Crippen LogP) is 2.75. The van der Waals surface area contributed by atoms with Crippen molar-refractivity contribution in [2.24, 2.45) is 0 Å². The molecule has 1 N–H and O–H groups in total. The number of hydrogen-bond acceptors (Lipinski definition) is 2. The molecule has 1 aromatic rings. The van der Waals surface area contributed by atoms with Crippen molar-refractivity contribution in [1.82, 2.24) is 5.32 Å². The Balaban J connectivity index is 2.14. The molecule has 1 aliphatic heterocycles. The van der Waals surface area contributed by atoms with Crippen molar-refractivity contribution >= 4 is 5.78 Å². The zero-order valence-electron chi connectivity index (χ0n) is 10.6. The van der Waals surface area contributed by atoms with Crippen LogP contribution in [0.1, 0.15) is 47.7 Å². The largest absolute Gasteiger partial charge is 0.316 e. The maximum absolute atomic E-state index is 12.0. The molecule has 0 amide bonds. The normalized spacial score (nSPS) is 15.1. The van der Waals surface area contributed by atoms with E-state index < -0.39 is 0 Å². The zero-order valence-corrected chi connectivity index (χ0v) is 10.6. The quantitative estimate of drug-likeness (QED) is 0.807. The van der Waals surface area contributed by atoms with Crippen molar-refractivity contribution in [3.63, 3.8) is 0 Å². The monoisotopic (exact) mass is 231 g/mol. The van der Waals surface area contributed by atoms with Gasteiger partial charge in [-0.2, -0.15) is 0 Å². The van der Waals surface area contributed by atoms with Crippen molar-refractivity contribution in [3.05, 3.63) is 34.9 Å². The number of carbonyl (C=O) groups excluding carboxylic acids is 1. The summed E-state index contributed by atoms with van der Waals surface area (Å²) in [4.78, 5) is 12.0. The van der Waals surface area contributed by atoms with Crippen LogP contribution in [0.25, 0.3) is 0 Å². The molecule has 92 valence electrons. The highest BCUT2D eigenvalue weighted by Gasteiger charge is 2.11. The molecule has 1 heterocycles. The summed E-state index contributed by atoms with van der Waals surface area (Å²) in [5, 5.41) is 3.39. The highest BCUT2D eigenvalue weighted by Crippen LogP contribution is 2.17. The van der Waals surface area contributed by atoms with Crippen LogP contribution in [0.2, 0.25) is 0 Å². The average molecular weight is 231 g/mol. The minimum atomic E-state index is 0.298. The van der Waals surface area contributed by atoms with E-state index in [1.165, 1.54) is 11.1 Å². The van der Waals surface area contributed by atoms with Crippen LogP contribution in [-0.4, -0.2) is 18.9 Å². The van der Waals surface area contributed by atoms with Crippen LogP contribution in [0.4, 0.5) is 0 Å². The van der Waals surface area contributed by atoms with Gasteiger partial charge in [0.15, 0.2) is 5.78 Å². The fourth-order valence-corrected chi connectivity index (χ4v) is 2.33. The van der Waals surface area contributed by atoms with Gasteiger partial charge < -0.3 is 5.32 Å². The Labute approximate surface area is 103 Å². The average Bonchev–Trinajstić information content (AvgIpc) is 2.60. The molecule has 0 fully saturated rings. The molecule has 17 heavy (non-hydrogen) atoms. The fourth-order valence-electron chi connectivity index (χ4n) is 2.33. The molecule has 0 saturated heterocycles. The molecule has 0 atom stereocenters. The second-order valence-electron chi connectivity index (χ2n) is 4.76. The van der Waals surface area contributed by atoms with Gasteiger partial charge in [-0.05, 0) is 49.5 Å². The van der Waals surface area contributed by atoms with Gasteiger partial charge in [0.1, 0.15) is 0 Å². The standard InChI is InChI=1S/C15H21NO/c1-2-3-4-15(17)14-6-5-12-7-9-16-10-8-13(12)11-14/h5-6,11,16H,2-4,7-10H2,1H3. The number of fused-ring (bicyclic) bond motifs is 1. The van der Waals surface area contributed by atoms with Crippen LogP contribution >= 0.6 is 0 Å². The highest BCUT2D eigenvalue weighted by molar-refractivity contribution is 5.96. The second kappa shape index (κ2) is 5.97. The minimum Gasteiger partial charge on any atom is -0.316 e. The summed E-state index contributed by atoms with van der Waals surface area (Å²) in [6.45, 7) is 4.20. The number of benzene rings is 1. The van der Waals surface area contributed by atoms with Crippen LogP contribution < -0.4 is 5.32 Å². The molecule has 0 aliphatic carbocycles. The number of ketones is 1. The summed E-state index contributed by atoms with van der Waals surface area (Å²) < 4.78 is 0. The molecule has 0 aromatic heterocycles. The molecule has 1 aromatic carbocycles. The van der Waals surface area contributed by atoms with Gasteiger partial charge in [0.25, 0.3) is 0 Å². The van der Waals surface area contributed by atoms with E-state index in [0.29, 0.717) is 12.2 Å². The van der Waals surface area contributed by atoms with Gasteiger partial charge in [-0.15, -0.1) is 0 Å². The lowest BCUT2D eigenvalue weighted by Gasteiger charge is -2.07. The molecule has 2 rings (SSSR count). The Morgan fingerprint density at radius 3 is 2.76 bits per heavy atom. The van der Waals surface area contributed by atoms with E-state index in [4.69, 9.17) is 0 Å². The van der Waals surface area contributed by atoms with Crippen molar-refractivity contribution in [2.75, 3.05) is 13.1 Å². The molecule has 2 nitrogen and oxygen atoms in total. The van der Waals surface area contributed by atoms with Crippen LogP contribution in [0, 0.1) is 0 Å². The molecule has 0 radical (unpaired) electrons. The number of Topliss-reactive ketones (excluding diaryl/α,β-unsaturated/α-hetero) is 1. The minimum absolute atomic E-state index is 0.298. The first-order chi connectivity index (χ1) is 8.31. The topological polar surface area (TPSA) is 29.1 Å². The Hall–Kier alpha value is -1.15. The van der Waals surface area contributed by atoms with Crippen LogP contribution in [0.3, 0.4) is 0 Å². The van der Waals surface area contributed by atoms with Gasteiger partial charge in [-0.1, -0.05) is 25.5 Å². The third-order valence-corrected chi connectivity index (χ3v) is 3.43. The van der Waals surface area contributed by atoms with E-state index in [1.807, 2.05) is 6.07 Å². The van der Waals surface area contributed by atoms with Gasteiger partial charge >= 0.3 is 0 Å². The third-order valence-electron chi connectivity index (χ3n) is 3.43. The second-order valence-corrected chi connectivity index (χ2v) is 4.76. The van der Waals surface area contributed by atoms with Crippen molar-refractivity contribution in [1.29, 1.82) is 0 Å². The van der Waals surface area contributed by atoms with Crippen LogP contribution in [0.5, 0.6) is 0 Å². The van der Waals surface area contributed by atoms with Gasteiger partial charge in [0, 0.05) is 12.0 Å². The van der Waals surface area contributed by atoms with Crippen molar-refractivity contribution in [2.45, 2.75) is 39.0 Å². The van der Waals surface area contributed by atoms with Crippen LogP contribution in [0.15, 0.2) is 18.2 Å². The maximum atomic E-state index is 12.0. The molecule has 2 heteroatoms. The van der Waals surface area contributed by atoms with Gasteiger partial charge in [0.2, 0.25) is 0 Å². The highest BCUT2D eigenvalue weighted by atomic mass is 16.1. The zero-order chi connectivity index (χ0) is 12.1. The van der Waals surface area contributed by atoms with Gasteiger partial charge in [-0.25, -0.2) is 0 Å². The van der Waals surface area contributed by atoms with Crippen molar-refractivity contribution in [3.8, 4) is 0 Å². The van der Waals surface area contributed by atoms with E-state index in [-0.39, 0.29) is 0 Å². The number of unbranched alkanes of at least 4 members (excludes halogenated alkanes) is 1. The van der Waals surface area contributed by atoms with Gasteiger partial charge in [-0.3, -0.25) is 4.79 Å². The van der Waals surface area contributed by atoms with E-state index in [9.17, 15) is 4.79 Å². The summed E-state index contributed by atoms with van der Waals surface area (Å²) in [6.07, 6.45) is 4.90.